The lowest BCUT2D eigenvalue weighted by molar-refractivity contribution is 0.0432. The summed E-state index contributed by atoms with van der Waals surface area (Å²) in [6, 6.07) is 0. The van der Waals surface area contributed by atoms with Crippen LogP contribution in [0.25, 0.3) is 10.4 Å². The molecule has 0 aliphatic heterocycles. The highest BCUT2D eigenvalue weighted by Gasteiger charge is 1.93. The topological polar surface area (TPSA) is 93.0 Å². The average molecular weight is 223 g/mol. The maximum absolute atomic E-state index is 8.00. The molecule has 1 aromatic rings. The van der Waals surface area contributed by atoms with Gasteiger partial charge in [-0.05, 0) is 5.53 Å². The molecule has 0 saturated carbocycles. The summed E-state index contributed by atoms with van der Waals surface area (Å²) in [6.45, 7) is 2.21. The van der Waals surface area contributed by atoms with E-state index in [2.05, 4.69) is 20.0 Å². The quantitative estimate of drug-likeness (QED) is 0.287. The maximum atomic E-state index is 8.00. The van der Waals surface area contributed by atoms with Gasteiger partial charge in [0.1, 0.15) is 6.33 Å². The zero-order chi connectivity index (χ0) is 11.5. The summed E-state index contributed by atoms with van der Waals surface area (Å²) < 4.78 is 10.5. The highest BCUT2D eigenvalue weighted by Crippen LogP contribution is 1.95. The van der Waals surface area contributed by atoms with Gasteiger partial charge < -0.3 is 9.47 Å². The molecule has 0 radical (unpaired) electrons. The van der Waals surface area contributed by atoms with Gasteiger partial charge in [0.15, 0.2) is 0 Å². The number of hydrogen-bond acceptors (Lipinski definition) is 5. The van der Waals surface area contributed by atoms with Gasteiger partial charge in [0.2, 0.25) is 0 Å². The van der Waals surface area contributed by atoms with Gasteiger partial charge in [-0.3, -0.25) is 0 Å². The molecule has 0 atom stereocenters. The Morgan fingerprint density at radius 3 is 2.69 bits per heavy atom. The maximum Gasteiger partial charge on any atom is 0.115 e. The first-order valence-electron chi connectivity index (χ1n) is 4.83. The minimum Gasteiger partial charge on any atom is -0.379 e. The molecule has 0 N–H and O–H groups in total. The van der Waals surface area contributed by atoms with E-state index in [0.29, 0.717) is 33.0 Å². The first-order valence-corrected chi connectivity index (χ1v) is 4.83. The number of hydrogen-bond donors (Lipinski definition) is 0. The highest BCUT2D eigenvalue weighted by molar-refractivity contribution is 4.99. The Hall–Kier alpha value is -1.69. The third kappa shape index (κ3) is 5.92. The SMILES string of the molecule is [N-]=[N+]=NCCOCCOCc1cncnc1. The van der Waals surface area contributed by atoms with Crippen molar-refractivity contribution < 1.29 is 9.47 Å². The van der Waals surface area contributed by atoms with E-state index < -0.39 is 0 Å². The molecule has 0 unspecified atom stereocenters. The Bertz CT molecular complexity index is 326. The van der Waals surface area contributed by atoms with Crippen molar-refractivity contribution in [3.8, 4) is 0 Å². The number of nitrogens with zero attached hydrogens (tertiary/aromatic N) is 5. The van der Waals surface area contributed by atoms with E-state index in [0.717, 1.165) is 5.56 Å². The fourth-order valence-electron chi connectivity index (χ4n) is 0.965. The van der Waals surface area contributed by atoms with Crippen LogP contribution in [0.3, 0.4) is 0 Å². The molecule has 7 nitrogen and oxygen atoms in total. The summed E-state index contributed by atoms with van der Waals surface area (Å²) in [5, 5.41) is 3.34. The van der Waals surface area contributed by atoms with Crippen molar-refractivity contribution in [1.29, 1.82) is 0 Å². The smallest absolute Gasteiger partial charge is 0.115 e. The second-order valence-electron chi connectivity index (χ2n) is 2.87. The van der Waals surface area contributed by atoms with E-state index in [9.17, 15) is 0 Å². The van der Waals surface area contributed by atoms with E-state index in [4.69, 9.17) is 15.0 Å². The van der Waals surface area contributed by atoms with Crippen molar-refractivity contribution >= 4 is 0 Å². The van der Waals surface area contributed by atoms with Crippen molar-refractivity contribution in [2.75, 3.05) is 26.4 Å². The molecule has 0 aromatic carbocycles. The number of aromatic nitrogens is 2. The fraction of sp³-hybridized carbons (Fsp3) is 0.556. The summed E-state index contributed by atoms with van der Waals surface area (Å²) in [6.07, 6.45) is 4.88. The zero-order valence-electron chi connectivity index (χ0n) is 8.82. The van der Waals surface area contributed by atoms with Crippen LogP contribution in [0.5, 0.6) is 0 Å². The molecule has 0 saturated heterocycles. The van der Waals surface area contributed by atoms with Crippen molar-refractivity contribution in [3.05, 3.63) is 34.7 Å². The molecule has 7 heteroatoms. The monoisotopic (exact) mass is 223 g/mol. The molecule has 0 fully saturated rings. The van der Waals surface area contributed by atoms with E-state index in [1.165, 1.54) is 6.33 Å². The largest absolute Gasteiger partial charge is 0.379 e. The Kier molecular flexibility index (Phi) is 6.66. The molecule has 0 spiro atoms. The van der Waals surface area contributed by atoms with Crippen molar-refractivity contribution in [2.45, 2.75) is 6.61 Å². The van der Waals surface area contributed by atoms with Gasteiger partial charge in [0, 0.05) is 29.4 Å². The molecular weight excluding hydrogens is 210 g/mol. The first kappa shape index (κ1) is 12.4. The molecule has 0 aliphatic carbocycles. The van der Waals surface area contributed by atoms with Crippen LogP contribution in [0.2, 0.25) is 0 Å². The van der Waals surface area contributed by atoms with Gasteiger partial charge in [0.25, 0.3) is 0 Å². The molecule has 0 bridgehead atoms. The summed E-state index contributed by atoms with van der Waals surface area (Å²) >= 11 is 0. The van der Waals surface area contributed by atoms with Crippen LogP contribution in [0.4, 0.5) is 0 Å². The molecule has 86 valence electrons. The molecule has 1 heterocycles. The van der Waals surface area contributed by atoms with Crippen LogP contribution >= 0.6 is 0 Å². The molecule has 1 aromatic heterocycles. The summed E-state index contributed by atoms with van der Waals surface area (Å²) in [7, 11) is 0. The molecule has 1 rings (SSSR count). The zero-order valence-corrected chi connectivity index (χ0v) is 8.82. The van der Waals surface area contributed by atoms with Crippen molar-refractivity contribution in [2.24, 2.45) is 5.11 Å². The first-order chi connectivity index (χ1) is 7.93. The normalized spacial score (nSPS) is 9.75. The Labute approximate surface area is 93.1 Å². The van der Waals surface area contributed by atoms with Crippen LogP contribution in [0, 0.1) is 0 Å². The van der Waals surface area contributed by atoms with E-state index >= 15 is 0 Å². The van der Waals surface area contributed by atoms with Gasteiger partial charge in [-0.15, -0.1) is 0 Å². The highest BCUT2D eigenvalue weighted by atomic mass is 16.5. The summed E-state index contributed by atoms with van der Waals surface area (Å²) in [5.41, 5.74) is 8.93. The predicted octanol–water partition coefficient (Wildman–Crippen LogP) is 1.32. The third-order valence-electron chi connectivity index (χ3n) is 1.65. The average Bonchev–Trinajstić information content (AvgIpc) is 2.34. The Balaban J connectivity index is 1.94. The van der Waals surface area contributed by atoms with Crippen LogP contribution in [0.1, 0.15) is 5.56 Å². The van der Waals surface area contributed by atoms with Crippen LogP contribution in [-0.4, -0.2) is 36.3 Å². The predicted molar refractivity (Wildman–Crippen MR) is 56.5 cm³/mol. The van der Waals surface area contributed by atoms with Gasteiger partial charge in [-0.2, -0.15) is 0 Å². The lowest BCUT2D eigenvalue weighted by atomic mass is 10.4. The standard InChI is InChI=1S/C9H13N5O2/c10-14-13-1-2-15-3-4-16-7-9-5-11-8-12-6-9/h5-6,8H,1-4,7H2. The summed E-state index contributed by atoms with van der Waals surface area (Å²) in [4.78, 5) is 10.3. The third-order valence-corrected chi connectivity index (χ3v) is 1.65. The Morgan fingerprint density at radius 2 is 1.94 bits per heavy atom. The van der Waals surface area contributed by atoms with E-state index in [1.54, 1.807) is 12.4 Å². The fourth-order valence-corrected chi connectivity index (χ4v) is 0.965. The molecular formula is C9H13N5O2. The van der Waals surface area contributed by atoms with Crippen LogP contribution in [-0.2, 0) is 16.1 Å². The molecule has 16 heavy (non-hydrogen) atoms. The van der Waals surface area contributed by atoms with Gasteiger partial charge in [0.05, 0.1) is 26.4 Å². The minimum absolute atomic E-state index is 0.350. The van der Waals surface area contributed by atoms with Crippen LogP contribution < -0.4 is 0 Å². The number of rotatable bonds is 8. The summed E-state index contributed by atoms with van der Waals surface area (Å²) in [5.74, 6) is 0. The second-order valence-corrected chi connectivity index (χ2v) is 2.87. The van der Waals surface area contributed by atoms with Gasteiger partial charge in [-0.25, -0.2) is 9.97 Å². The van der Waals surface area contributed by atoms with E-state index in [-0.39, 0.29) is 0 Å². The van der Waals surface area contributed by atoms with Crippen LogP contribution in [0.15, 0.2) is 23.8 Å². The van der Waals surface area contributed by atoms with E-state index in [1.807, 2.05) is 0 Å². The van der Waals surface area contributed by atoms with Crippen molar-refractivity contribution in [3.63, 3.8) is 0 Å². The van der Waals surface area contributed by atoms with Gasteiger partial charge >= 0.3 is 0 Å². The van der Waals surface area contributed by atoms with Crippen molar-refractivity contribution in [1.82, 2.24) is 9.97 Å². The number of ether oxygens (including phenoxy) is 2. The second kappa shape index (κ2) is 8.60. The Morgan fingerprint density at radius 1 is 1.19 bits per heavy atom. The molecule has 0 aliphatic rings. The molecule has 0 amide bonds. The number of azide groups is 1. The lowest BCUT2D eigenvalue weighted by Crippen LogP contribution is -2.06. The minimum atomic E-state index is 0.350. The lowest BCUT2D eigenvalue weighted by Gasteiger charge is -2.04. The van der Waals surface area contributed by atoms with Gasteiger partial charge in [-0.1, -0.05) is 5.11 Å².